The largest absolute Gasteiger partial charge is 0.496 e. The van der Waals surface area contributed by atoms with Gasteiger partial charge in [-0.1, -0.05) is 36.4 Å². The van der Waals surface area contributed by atoms with E-state index in [1.54, 1.807) is 30.3 Å². The maximum absolute atomic E-state index is 12.1. The van der Waals surface area contributed by atoms with Crippen molar-refractivity contribution in [1.82, 2.24) is 14.5 Å². The van der Waals surface area contributed by atoms with Gasteiger partial charge in [-0.05, 0) is 60.0 Å². The summed E-state index contributed by atoms with van der Waals surface area (Å²) >= 11 is 0. The summed E-state index contributed by atoms with van der Waals surface area (Å²) in [4.78, 5) is 12.1. The van der Waals surface area contributed by atoms with Crippen molar-refractivity contribution in [3.63, 3.8) is 0 Å². The van der Waals surface area contributed by atoms with Gasteiger partial charge in [-0.2, -0.15) is 0 Å². The second kappa shape index (κ2) is 11.1. The van der Waals surface area contributed by atoms with Gasteiger partial charge in [-0.25, -0.2) is 4.79 Å². The highest BCUT2D eigenvalue weighted by molar-refractivity contribution is 5.85. The second-order valence-corrected chi connectivity index (χ2v) is 7.89. The van der Waals surface area contributed by atoms with Crippen molar-refractivity contribution in [1.29, 1.82) is 0 Å². The molecular weight excluding hydrogens is 438 g/mol. The molecule has 0 fully saturated rings. The Morgan fingerprint density at radius 2 is 1.58 bits per heavy atom. The third-order valence-corrected chi connectivity index (χ3v) is 5.76. The Kier molecular flexibility index (Phi) is 8.20. The third-order valence-electron chi connectivity index (χ3n) is 5.76. The van der Waals surface area contributed by atoms with Crippen molar-refractivity contribution >= 4 is 23.4 Å². The van der Waals surface area contributed by atoms with Gasteiger partial charge in [0.15, 0.2) is 0 Å². The Morgan fingerprint density at radius 1 is 0.879 bits per heavy atom. The zero-order valence-corrected chi connectivity index (χ0v) is 20.0. The van der Waals surface area contributed by atoms with Crippen LogP contribution in [0.2, 0.25) is 0 Å². The number of rotatable bonds is 9. The molecular formula is C26H30ClN3O3. The standard InChI is InChI=1S/C26H29N3O3.ClH/c1-28-23-13-10-20(16-24(23)29(2)26(28)30)18-32-22-11-8-19(9-12-22)17-27-15-14-21-6-4-5-7-25(21)31-3;/h4-13,16,27H,14-15,17-18H2,1-3H3;1H. The first kappa shape index (κ1) is 24.4. The summed E-state index contributed by atoms with van der Waals surface area (Å²) in [5, 5.41) is 3.48. The number of para-hydroxylation sites is 1. The number of ether oxygens (including phenoxy) is 2. The van der Waals surface area contributed by atoms with E-state index in [9.17, 15) is 4.79 Å². The number of hydrogen-bond donors (Lipinski definition) is 1. The fourth-order valence-electron chi connectivity index (χ4n) is 3.88. The lowest BCUT2D eigenvalue weighted by atomic mass is 10.1. The summed E-state index contributed by atoms with van der Waals surface area (Å²) in [6.45, 7) is 2.13. The molecule has 0 aliphatic heterocycles. The molecule has 3 aromatic carbocycles. The van der Waals surface area contributed by atoms with Crippen LogP contribution >= 0.6 is 12.4 Å². The fourth-order valence-corrected chi connectivity index (χ4v) is 3.88. The molecule has 1 aromatic heterocycles. The number of fused-ring (bicyclic) bond motifs is 1. The summed E-state index contributed by atoms with van der Waals surface area (Å²) < 4.78 is 14.7. The quantitative estimate of drug-likeness (QED) is 0.374. The predicted octanol–water partition coefficient (Wildman–Crippen LogP) is 4.22. The van der Waals surface area contributed by atoms with E-state index in [-0.39, 0.29) is 18.1 Å². The van der Waals surface area contributed by atoms with Crippen LogP contribution in [-0.4, -0.2) is 22.8 Å². The van der Waals surface area contributed by atoms with Gasteiger partial charge in [0.1, 0.15) is 18.1 Å². The number of nitrogens with one attached hydrogen (secondary N) is 1. The van der Waals surface area contributed by atoms with Crippen LogP contribution < -0.4 is 20.5 Å². The van der Waals surface area contributed by atoms with Crippen LogP contribution in [0, 0.1) is 0 Å². The molecule has 0 aliphatic carbocycles. The number of hydrogen-bond acceptors (Lipinski definition) is 4. The van der Waals surface area contributed by atoms with E-state index in [1.807, 2.05) is 48.5 Å². The molecule has 0 bridgehead atoms. The average Bonchev–Trinajstić information content (AvgIpc) is 3.05. The van der Waals surface area contributed by atoms with Crippen molar-refractivity contribution in [3.05, 3.63) is 93.9 Å². The van der Waals surface area contributed by atoms with Crippen LogP contribution in [0.3, 0.4) is 0 Å². The van der Waals surface area contributed by atoms with Gasteiger partial charge in [-0.15, -0.1) is 12.4 Å². The number of nitrogens with zero attached hydrogens (tertiary/aromatic N) is 2. The highest BCUT2D eigenvalue weighted by Gasteiger charge is 2.08. The highest BCUT2D eigenvalue weighted by atomic mass is 35.5. The molecule has 0 saturated heterocycles. The molecule has 4 rings (SSSR count). The van der Waals surface area contributed by atoms with Crippen LogP contribution in [-0.2, 0) is 33.7 Å². The summed E-state index contributed by atoms with van der Waals surface area (Å²) in [7, 11) is 5.28. The van der Waals surface area contributed by atoms with Crippen LogP contribution in [0.15, 0.2) is 71.5 Å². The molecule has 6 nitrogen and oxygen atoms in total. The molecule has 7 heteroatoms. The summed E-state index contributed by atoms with van der Waals surface area (Å²) in [6, 6.07) is 22.2. The van der Waals surface area contributed by atoms with Crippen molar-refractivity contribution in [2.24, 2.45) is 14.1 Å². The van der Waals surface area contributed by atoms with E-state index in [1.165, 1.54) is 11.1 Å². The first-order valence-electron chi connectivity index (χ1n) is 10.8. The number of imidazole rings is 1. The van der Waals surface area contributed by atoms with E-state index >= 15 is 0 Å². The van der Waals surface area contributed by atoms with Crippen LogP contribution in [0.5, 0.6) is 11.5 Å². The van der Waals surface area contributed by atoms with Crippen molar-refractivity contribution in [3.8, 4) is 11.5 Å². The topological polar surface area (TPSA) is 57.4 Å². The lowest BCUT2D eigenvalue weighted by Gasteiger charge is -2.10. The molecule has 0 unspecified atom stereocenters. The normalized spacial score (nSPS) is 10.8. The molecule has 33 heavy (non-hydrogen) atoms. The number of benzene rings is 3. The molecule has 0 saturated carbocycles. The third kappa shape index (κ3) is 5.59. The minimum Gasteiger partial charge on any atom is -0.496 e. The Balaban J connectivity index is 0.00000306. The van der Waals surface area contributed by atoms with Gasteiger partial charge in [0.25, 0.3) is 0 Å². The zero-order valence-electron chi connectivity index (χ0n) is 19.2. The van der Waals surface area contributed by atoms with Gasteiger partial charge >= 0.3 is 5.69 Å². The Labute approximate surface area is 200 Å². The predicted molar refractivity (Wildman–Crippen MR) is 135 cm³/mol. The molecule has 0 spiro atoms. The highest BCUT2D eigenvalue weighted by Crippen LogP contribution is 2.19. The lowest BCUT2D eigenvalue weighted by Crippen LogP contribution is -2.19. The van der Waals surface area contributed by atoms with E-state index in [0.717, 1.165) is 47.6 Å². The first-order valence-corrected chi connectivity index (χ1v) is 10.8. The van der Waals surface area contributed by atoms with Gasteiger partial charge in [0, 0.05) is 20.6 Å². The van der Waals surface area contributed by atoms with Gasteiger partial charge in [0.05, 0.1) is 18.1 Å². The van der Waals surface area contributed by atoms with E-state index in [4.69, 9.17) is 9.47 Å². The van der Waals surface area contributed by atoms with Crippen molar-refractivity contribution < 1.29 is 9.47 Å². The van der Waals surface area contributed by atoms with E-state index in [2.05, 4.69) is 23.5 Å². The maximum Gasteiger partial charge on any atom is 0.328 e. The minimum absolute atomic E-state index is 0. The van der Waals surface area contributed by atoms with Crippen LogP contribution in [0.4, 0.5) is 0 Å². The van der Waals surface area contributed by atoms with Crippen LogP contribution in [0.1, 0.15) is 16.7 Å². The van der Waals surface area contributed by atoms with Crippen molar-refractivity contribution in [2.75, 3.05) is 13.7 Å². The SMILES string of the molecule is COc1ccccc1CCNCc1ccc(OCc2ccc3c(c2)n(C)c(=O)n3C)cc1.Cl. The summed E-state index contributed by atoms with van der Waals surface area (Å²) in [6.07, 6.45) is 0.919. The van der Waals surface area contributed by atoms with Gasteiger partial charge in [-0.3, -0.25) is 9.13 Å². The average molecular weight is 468 g/mol. The molecule has 4 aromatic rings. The monoisotopic (exact) mass is 467 g/mol. The Morgan fingerprint density at radius 3 is 2.33 bits per heavy atom. The number of aromatic nitrogens is 2. The lowest BCUT2D eigenvalue weighted by molar-refractivity contribution is 0.306. The zero-order chi connectivity index (χ0) is 22.5. The fraction of sp³-hybridized carbons (Fsp3) is 0.269. The van der Waals surface area contributed by atoms with Gasteiger partial charge in [0.2, 0.25) is 0 Å². The Bertz CT molecular complexity index is 1260. The van der Waals surface area contributed by atoms with E-state index in [0.29, 0.717) is 6.61 Å². The number of halogens is 1. The molecule has 0 atom stereocenters. The molecule has 0 amide bonds. The van der Waals surface area contributed by atoms with Crippen LogP contribution in [0.25, 0.3) is 11.0 Å². The smallest absolute Gasteiger partial charge is 0.328 e. The molecule has 0 radical (unpaired) electrons. The number of methoxy groups -OCH3 is 1. The van der Waals surface area contributed by atoms with Crippen molar-refractivity contribution in [2.45, 2.75) is 19.6 Å². The molecule has 174 valence electrons. The summed E-state index contributed by atoms with van der Waals surface area (Å²) in [5.74, 6) is 1.76. The number of aryl methyl sites for hydroxylation is 2. The minimum atomic E-state index is -0.0230. The first-order chi connectivity index (χ1) is 15.6. The second-order valence-electron chi connectivity index (χ2n) is 7.89. The van der Waals surface area contributed by atoms with Gasteiger partial charge < -0.3 is 14.8 Å². The molecule has 1 heterocycles. The molecule has 0 aliphatic rings. The summed E-state index contributed by atoms with van der Waals surface area (Å²) in [5.41, 5.74) is 5.25. The Hall–Kier alpha value is -3.22. The van der Waals surface area contributed by atoms with E-state index < -0.39 is 0 Å². The molecule has 1 N–H and O–H groups in total. The maximum atomic E-state index is 12.1.